The fraction of sp³-hybridized carbons (Fsp3) is 0.588. The molecule has 1 heterocycles. The molecule has 0 aliphatic carbocycles. The van der Waals surface area contributed by atoms with E-state index in [2.05, 4.69) is 10.2 Å². The first kappa shape index (κ1) is 16.8. The van der Waals surface area contributed by atoms with E-state index in [0.717, 1.165) is 37.2 Å². The molecule has 1 aromatic carbocycles. The lowest BCUT2D eigenvalue weighted by Gasteiger charge is -2.30. The summed E-state index contributed by atoms with van der Waals surface area (Å²) in [4.78, 5) is 14.2. The molecule has 22 heavy (non-hydrogen) atoms. The van der Waals surface area contributed by atoms with Crippen LogP contribution >= 0.6 is 0 Å². The average molecular weight is 306 g/mol. The predicted molar refractivity (Wildman–Crippen MR) is 85.7 cm³/mol. The van der Waals surface area contributed by atoms with Crippen LogP contribution in [0.5, 0.6) is 5.75 Å². The highest BCUT2D eigenvalue weighted by molar-refractivity contribution is 5.78. The van der Waals surface area contributed by atoms with Gasteiger partial charge in [-0.15, -0.1) is 0 Å². The molecule has 0 spiro atoms. The summed E-state index contributed by atoms with van der Waals surface area (Å²) >= 11 is 0. The number of hydrogen-bond acceptors (Lipinski definition) is 4. The second-order valence-corrected chi connectivity index (χ2v) is 5.76. The van der Waals surface area contributed by atoms with Crippen molar-refractivity contribution in [1.29, 1.82) is 0 Å². The third kappa shape index (κ3) is 5.31. The standard InChI is InChI=1S/C17H26N2O3/c1-2-22-16-5-3-4-15(10-16)11-18-17(21)12-19-8-6-14(13-20)7-9-19/h3-5,10,14,20H,2,6-9,11-13H2,1H3,(H,18,21). The monoisotopic (exact) mass is 306 g/mol. The summed E-state index contributed by atoms with van der Waals surface area (Å²) in [6.45, 7) is 5.58. The average Bonchev–Trinajstić information content (AvgIpc) is 2.54. The number of nitrogens with one attached hydrogen (secondary N) is 1. The maximum Gasteiger partial charge on any atom is 0.234 e. The Morgan fingerprint density at radius 1 is 1.41 bits per heavy atom. The van der Waals surface area contributed by atoms with Gasteiger partial charge in [-0.1, -0.05) is 12.1 Å². The largest absolute Gasteiger partial charge is 0.494 e. The summed E-state index contributed by atoms with van der Waals surface area (Å²) in [5.41, 5.74) is 1.04. The van der Waals surface area contributed by atoms with Crippen molar-refractivity contribution in [3.8, 4) is 5.75 Å². The first-order chi connectivity index (χ1) is 10.7. The van der Waals surface area contributed by atoms with E-state index in [1.54, 1.807) is 0 Å². The van der Waals surface area contributed by atoms with Gasteiger partial charge in [-0.2, -0.15) is 0 Å². The Labute approximate surface area is 132 Å². The number of hydrogen-bond donors (Lipinski definition) is 2. The van der Waals surface area contributed by atoms with Gasteiger partial charge in [0.15, 0.2) is 0 Å². The number of benzene rings is 1. The van der Waals surface area contributed by atoms with Gasteiger partial charge in [0, 0.05) is 13.2 Å². The molecule has 1 amide bonds. The van der Waals surface area contributed by atoms with Crippen molar-refractivity contribution in [3.63, 3.8) is 0 Å². The number of carbonyl (C=O) groups is 1. The minimum atomic E-state index is 0.0456. The molecule has 0 bridgehead atoms. The molecular formula is C17H26N2O3. The normalized spacial score (nSPS) is 16.5. The van der Waals surface area contributed by atoms with Crippen molar-refractivity contribution in [2.45, 2.75) is 26.3 Å². The van der Waals surface area contributed by atoms with E-state index >= 15 is 0 Å². The number of ether oxygens (including phenoxy) is 1. The third-order valence-corrected chi connectivity index (χ3v) is 4.03. The Morgan fingerprint density at radius 2 is 2.18 bits per heavy atom. The molecule has 5 nitrogen and oxygen atoms in total. The number of piperidine rings is 1. The topological polar surface area (TPSA) is 61.8 Å². The van der Waals surface area contributed by atoms with Crippen LogP contribution in [-0.2, 0) is 11.3 Å². The van der Waals surface area contributed by atoms with Crippen LogP contribution in [-0.4, -0.2) is 48.8 Å². The summed E-state index contributed by atoms with van der Waals surface area (Å²) in [7, 11) is 0. The van der Waals surface area contributed by atoms with Gasteiger partial charge in [-0.3, -0.25) is 9.69 Å². The number of rotatable bonds is 7. The Bertz CT molecular complexity index is 471. The molecule has 0 atom stereocenters. The first-order valence-corrected chi connectivity index (χ1v) is 8.03. The quantitative estimate of drug-likeness (QED) is 0.799. The van der Waals surface area contributed by atoms with Crippen molar-refractivity contribution < 1.29 is 14.6 Å². The predicted octanol–water partition coefficient (Wildman–Crippen LogP) is 1.41. The smallest absolute Gasteiger partial charge is 0.234 e. The second kappa shape index (κ2) is 8.76. The maximum absolute atomic E-state index is 12.0. The lowest BCUT2D eigenvalue weighted by Crippen LogP contribution is -2.41. The highest BCUT2D eigenvalue weighted by atomic mass is 16.5. The van der Waals surface area contributed by atoms with Crippen molar-refractivity contribution in [2.75, 3.05) is 32.8 Å². The summed E-state index contributed by atoms with van der Waals surface area (Å²) in [6.07, 6.45) is 1.94. The van der Waals surface area contributed by atoms with E-state index < -0.39 is 0 Å². The Morgan fingerprint density at radius 3 is 2.86 bits per heavy atom. The molecule has 1 aromatic rings. The van der Waals surface area contributed by atoms with Crippen LogP contribution in [0.1, 0.15) is 25.3 Å². The second-order valence-electron chi connectivity index (χ2n) is 5.76. The van der Waals surface area contributed by atoms with Crippen LogP contribution < -0.4 is 10.1 Å². The van der Waals surface area contributed by atoms with Gasteiger partial charge in [0.05, 0.1) is 13.2 Å². The Kier molecular flexibility index (Phi) is 6.68. The molecule has 0 saturated carbocycles. The molecule has 5 heteroatoms. The highest BCUT2D eigenvalue weighted by Gasteiger charge is 2.19. The van der Waals surface area contributed by atoms with Crippen LogP contribution in [0.2, 0.25) is 0 Å². The molecule has 1 fully saturated rings. The summed E-state index contributed by atoms with van der Waals surface area (Å²) < 4.78 is 5.45. The van der Waals surface area contributed by atoms with E-state index in [-0.39, 0.29) is 12.5 Å². The van der Waals surface area contributed by atoms with Gasteiger partial charge < -0.3 is 15.2 Å². The molecule has 1 aliphatic heterocycles. The number of amides is 1. The molecule has 0 aromatic heterocycles. The zero-order valence-electron chi connectivity index (χ0n) is 13.3. The zero-order valence-corrected chi connectivity index (χ0v) is 13.3. The van der Waals surface area contributed by atoms with E-state index in [1.807, 2.05) is 31.2 Å². The van der Waals surface area contributed by atoms with Gasteiger partial charge in [0.2, 0.25) is 5.91 Å². The summed E-state index contributed by atoms with van der Waals surface area (Å²) in [6, 6.07) is 7.79. The number of aliphatic hydroxyl groups excluding tert-OH is 1. The van der Waals surface area contributed by atoms with Gasteiger partial charge in [0.25, 0.3) is 0 Å². The van der Waals surface area contributed by atoms with Crippen LogP contribution in [0, 0.1) is 5.92 Å². The van der Waals surface area contributed by atoms with Crippen LogP contribution in [0.25, 0.3) is 0 Å². The van der Waals surface area contributed by atoms with E-state index in [0.29, 0.717) is 25.6 Å². The Hall–Kier alpha value is -1.59. The van der Waals surface area contributed by atoms with Gasteiger partial charge in [-0.05, 0) is 56.5 Å². The molecule has 2 N–H and O–H groups in total. The SMILES string of the molecule is CCOc1cccc(CNC(=O)CN2CCC(CO)CC2)c1. The maximum atomic E-state index is 12.0. The molecule has 1 aliphatic rings. The highest BCUT2D eigenvalue weighted by Crippen LogP contribution is 2.16. The lowest BCUT2D eigenvalue weighted by molar-refractivity contribution is -0.122. The number of aliphatic hydroxyl groups is 1. The molecule has 0 unspecified atom stereocenters. The van der Waals surface area contributed by atoms with E-state index in [1.165, 1.54) is 0 Å². The molecule has 122 valence electrons. The van der Waals surface area contributed by atoms with Crippen molar-refractivity contribution in [1.82, 2.24) is 10.2 Å². The minimum absolute atomic E-state index is 0.0456. The summed E-state index contributed by atoms with van der Waals surface area (Å²) in [5, 5.41) is 12.1. The van der Waals surface area contributed by atoms with Gasteiger partial charge in [0.1, 0.15) is 5.75 Å². The molecule has 2 rings (SSSR count). The van der Waals surface area contributed by atoms with E-state index in [9.17, 15) is 4.79 Å². The fourth-order valence-corrected chi connectivity index (χ4v) is 2.70. The fourth-order valence-electron chi connectivity index (χ4n) is 2.70. The zero-order chi connectivity index (χ0) is 15.8. The number of carbonyl (C=O) groups excluding carboxylic acids is 1. The molecule has 0 radical (unpaired) electrons. The van der Waals surface area contributed by atoms with Crippen LogP contribution in [0.15, 0.2) is 24.3 Å². The molecular weight excluding hydrogens is 280 g/mol. The minimum Gasteiger partial charge on any atom is -0.494 e. The number of likely N-dealkylation sites (tertiary alicyclic amines) is 1. The third-order valence-electron chi connectivity index (χ3n) is 4.03. The van der Waals surface area contributed by atoms with Crippen LogP contribution in [0.3, 0.4) is 0 Å². The van der Waals surface area contributed by atoms with Crippen molar-refractivity contribution >= 4 is 5.91 Å². The Balaban J connectivity index is 1.72. The van der Waals surface area contributed by atoms with Gasteiger partial charge in [-0.25, -0.2) is 0 Å². The first-order valence-electron chi connectivity index (χ1n) is 8.03. The van der Waals surface area contributed by atoms with Gasteiger partial charge >= 0.3 is 0 Å². The van der Waals surface area contributed by atoms with Crippen molar-refractivity contribution in [3.05, 3.63) is 29.8 Å². The molecule has 1 saturated heterocycles. The van der Waals surface area contributed by atoms with Crippen molar-refractivity contribution in [2.24, 2.45) is 5.92 Å². The van der Waals surface area contributed by atoms with E-state index in [4.69, 9.17) is 9.84 Å². The number of nitrogens with zero attached hydrogens (tertiary/aromatic N) is 1. The van der Waals surface area contributed by atoms with Crippen LogP contribution in [0.4, 0.5) is 0 Å². The lowest BCUT2D eigenvalue weighted by atomic mass is 9.98. The summed E-state index contributed by atoms with van der Waals surface area (Å²) in [5.74, 6) is 1.28.